The van der Waals surface area contributed by atoms with Gasteiger partial charge in [-0.25, -0.2) is 0 Å². The minimum Gasteiger partial charge on any atom is -0.309 e. The quantitative estimate of drug-likeness (QED) is 0.888. The highest BCUT2D eigenvalue weighted by molar-refractivity contribution is 5.35. The van der Waals surface area contributed by atoms with Crippen molar-refractivity contribution in [3.8, 4) is 0 Å². The normalized spacial score (nSPS) is 12.4. The van der Waals surface area contributed by atoms with E-state index in [1.807, 2.05) is 20.9 Å². The molecule has 0 amide bonds. The van der Waals surface area contributed by atoms with Crippen LogP contribution in [0.15, 0.2) is 36.4 Å². The van der Waals surface area contributed by atoms with Crippen molar-refractivity contribution >= 4 is 0 Å². The number of hydrogen-bond acceptors (Lipinski definition) is 2. The molecular weight excluding hydrogens is 244 g/mol. The van der Waals surface area contributed by atoms with Crippen molar-refractivity contribution in [1.82, 2.24) is 10.3 Å². The topological polar surface area (TPSA) is 24.9 Å². The number of nitrogens with zero attached hydrogens (tertiary/aromatic N) is 1. The molecule has 0 aliphatic carbocycles. The van der Waals surface area contributed by atoms with E-state index < -0.39 is 0 Å². The third-order valence-corrected chi connectivity index (χ3v) is 3.58. The summed E-state index contributed by atoms with van der Waals surface area (Å²) in [5.41, 5.74) is 6.14. The predicted molar refractivity (Wildman–Crippen MR) is 85.1 cm³/mol. The first-order valence-electron chi connectivity index (χ1n) is 7.35. The van der Waals surface area contributed by atoms with Gasteiger partial charge in [0.15, 0.2) is 0 Å². The van der Waals surface area contributed by atoms with Crippen LogP contribution < -0.4 is 5.32 Å². The summed E-state index contributed by atoms with van der Waals surface area (Å²) < 4.78 is 0. The summed E-state index contributed by atoms with van der Waals surface area (Å²) in [5.74, 6) is 0. The molecule has 0 saturated heterocycles. The second-order valence-electron chi connectivity index (χ2n) is 5.40. The molecule has 106 valence electrons. The van der Waals surface area contributed by atoms with E-state index in [4.69, 9.17) is 0 Å². The van der Waals surface area contributed by atoms with Crippen LogP contribution in [0.1, 0.15) is 47.5 Å². The van der Waals surface area contributed by atoms with E-state index in [9.17, 15) is 0 Å². The van der Waals surface area contributed by atoms with E-state index in [-0.39, 0.29) is 6.04 Å². The molecule has 0 saturated carbocycles. The Hall–Kier alpha value is -1.67. The van der Waals surface area contributed by atoms with Crippen LogP contribution in [0.2, 0.25) is 0 Å². The van der Waals surface area contributed by atoms with Gasteiger partial charge in [0.05, 0.1) is 6.04 Å². The first kappa shape index (κ1) is 14.7. The van der Waals surface area contributed by atoms with Crippen LogP contribution in [0.5, 0.6) is 0 Å². The van der Waals surface area contributed by atoms with Gasteiger partial charge in [-0.15, -0.1) is 0 Å². The number of pyridine rings is 1. The van der Waals surface area contributed by atoms with Crippen molar-refractivity contribution in [2.75, 3.05) is 7.05 Å². The number of benzene rings is 1. The lowest BCUT2D eigenvalue weighted by Gasteiger charge is -2.18. The molecule has 1 aromatic carbocycles. The molecular formula is C18H24N2. The van der Waals surface area contributed by atoms with Crippen LogP contribution in [-0.4, -0.2) is 12.0 Å². The fourth-order valence-corrected chi connectivity index (χ4v) is 2.72. The van der Waals surface area contributed by atoms with Gasteiger partial charge in [-0.1, -0.05) is 37.6 Å². The van der Waals surface area contributed by atoms with Gasteiger partial charge in [-0.2, -0.15) is 0 Å². The Labute approximate surface area is 122 Å². The Morgan fingerprint density at radius 3 is 2.10 bits per heavy atom. The third kappa shape index (κ3) is 3.45. The fourth-order valence-electron chi connectivity index (χ4n) is 2.72. The summed E-state index contributed by atoms with van der Waals surface area (Å²) in [6.45, 7) is 6.31. The van der Waals surface area contributed by atoms with Gasteiger partial charge >= 0.3 is 0 Å². The monoisotopic (exact) mass is 268 g/mol. The number of nitrogens with one attached hydrogen (secondary N) is 1. The maximum Gasteiger partial charge on any atom is 0.0575 e. The van der Waals surface area contributed by atoms with E-state index in [1.165, 1.54) is 23.1 Å². The van der Waals surface area contributed by atoms with E-state index in [2.05, 4.69) is 53.6 Å². The van der Waals surface area contributed by atoms with Crippen LogP contribution in [0.25, 0.3) is 0 Å². The molecule has 20 heavy (non-hydrogen) atoms. The first-order valence-corrected chi connectivity index (χ1v) is 7.35. The lowest BCUT2D eigenvalue weighted by atomic mass is 9.96. The van der Waals surface area contributed by atoms with Crippen molar-refractivity contribution in [1.29, 1.82) is 0 Å². The summed E-state index contributed by atoms with van der Waals surface area (Å²) in [7, 11) is 2.01. The Morgan fingerprint density at radius 2 is 1.60 bits per heavy atom. The van der Waals surface area contributed by atoms with Crippen molar-refractivity contribution in [3.05, 3.63) is 64.5 Å². The molecule has 1 N–H and O–H groups in total. The largest absolute Gasteiger partial charge is 0.309 e. The van der Waals surface area contributed by atoms with Crippen LogP contribution in [0.3, 0.4) is 0 Å². The van der Waals surface area contributed by atoms with E-state index >= 15 is 0 Å². The predicted octanol–water partition coefficient (Wildman–Crippen LogP) is 3.96. The Balaban J connectivity index is 2.31. The maximum atomic E-state index is 4.46. The van der Waals surface area contributed by atoms with E-state index in [0.717, 1.165) is 17.8 Å². The summed E-state index contributed by atoms with van der Waals surface area (Å²) in [6.07, 6.45) is 2.34. The van der Waals surface area contributed by atoms with Gasteiger partial charge in [0.25, 0.3) is 0 Å². The molecule has 2 heteroatoms. The molecule has 0 aliphatic heterocycles. The number of hydrogen-bond donors (Lipinski definition) is 1. The molecule has 0 bridgehead atoms. The van der Waals surface area contributed by atoms with Crippen molar-refractivity contribution in [2.45, 2.75) is 39.7 Å². The lowest BCUT2D eigenvalue weighted by Crippen LogP contribution is -2.18. The van der Waals surface area contributed by atoms with Gasteiger partial charge < -0.3 is 5.32 Å². The first-order chi connectivity index (χ1) is 9.63. The van der Waals surface area contributed by atoms with Gasteiger partial charge in [-0.3, -0.25) is 4.98 Å². The van der Waals surface area contributed by atoms with Crippen LogP contribution in [0, 0.1) is 13.8 Å². The molecule has 2 nitrogen and oxygen atoms in total. The zero-order valence-corrected chi connectivity index (χ0v) is 12.9. The summed E-state index contributed by atoms with van der Waals surface area (Å²) in [6, 6.07) is 13.5. The van der Waals surface area contributed by atoms with Crippen LogP contribution >= 0.6 is 0 Å². The highest BCUT2D eigenvalue weighted by Crippen LogP contribution is 2.23. The number of rotatable bonds is 5. The summed E-state index contributed by atoms with van der Waals surface area (Å²) >= 11 is 0. The average Bonchev–Trinajstić information content (AvgIpc) is 2.41. The van der Waals surface area contributed by atoms with Gasteiger partial charge in [-0.05, 0) is 56.1 Å². The molecule has 2 aromatic rings. The zero-order chi connectivity index (χ0) is 14.5. The third-order valence-electron chi connectivity index (χ3n) is 3.58. The standard InChI is InChI=1S/C18H24N2/c1-5-6-15-7-9-16(10-8-15)18(19-4)17-11-13(2)20-14(3)12-17/h7-12,18-19H,5-6H2,1-4H3. The molecule has 1 heterocycles. The molecule has 0 fully saturated rings. The van der Waals surface area contributed by atoms with Crippen molar-refractivity contribution in [3.63, 3.8) is 0 Å². The minimum absolute atomic E-state index is 0.228. The minimum atomic E-state index is 0.228. The molecule has 0 radical (unpaired) electrons. The van der Waals surface area contributed by atoms with Crippen molar-refractivity contribution < 1.29 is 0 Å². The second kappa shape index (κ2) is 6.67. The van der Waals surface area contributed by atoms with Gasteiger partial charge in [0, 0.05) is 11.4 Å². The summed E-state index contributed by atoms with van der Waals surface area (Å²) in [4.78, 5) is 4.46. The highest BCUT2D eigenvalue weighted by atomic mass is 14.9. The van der Waals surface area contributed by atoms with Crippen molar-refractivity contribution in [2.24, 2.45) is 0 Å². The zero-order valence-electron chi connectivity index (χ0n) is 12.9. The number of aromatic nitrogens is 1. The van der Waals surface area contributed by atoms with Gasteiger partial charge in [0.2, 0.25) is 0 Å². The molecule has 0 aliphatic rings. The van der Waals surface area contributed by atoms with E-state index in [0.29, 0.717) is 0 Å². The highest BCUT2D eigenvalue weighted by Gasteiger charge is 2.12. The van der Waals surface area contributed by atoms with E-state index in [1.54, 1.807) is 0 Å². The molecule has 2 rings (SSSR count). The molecule has 1 aromatic heterocycles. The second-order valence-corrected chi connectivity index (χ2v) is 5.40. The fraction of sp³-hybridized carbons (Fsp3) is 0.389. The number of aryl methyl sites for hydroxylation is 3. The average molecular weight is 268 g/mol. The molecule has 0 spiro atoms. The lowest BCUT2D eigenvalue weighted by molar-refractivity contribution is 0.688. The Kier molecular flexibility index (Phi) is 4.91. The van der Waals surface area contributed by atoms with Crippen LogP contribution in [0.4, 0.5) is 0 Å². The van der Waals surface area contributed by atoms with Crippen LogP contribution in [-0.2, 0) is 6.42 Å². The SMILES string of the molecule is CCCc1ccc(C(NC)c2cc(C)nc(C)c2)cc1. The van der Waals surface area contributed by atoms with Gasteiger partial charge in [0.1, 0.15) is 0 Å². The Bertz CT molecular complexity index is 538. The molecule has 1 atom stereocenters. The maximum absolute atomic E-state index is 4.46. The molecule has 1 unspecified atom stereocenters. The Morgan fingerprint density at radius 1 is 1.00 bits per heavy atom. The summed E-state index contributed by atoms with van der Waals surface area (Å²) in [5, 5.41) is 3.41. The smallest absolute Gasteiger partial charge is 0.0575 e.